The lowest BCUT2D eigenvalue weighted by atomic mass is 10.2. The highest BCUT2D eigenvalue weighted by Crippen LogP contribution is 2.32. The Bertz CT molecular complexity index is 936. The van der Waals surface area contributed by atoms with Crippen LogP contribution in [-0.2, 0) is 11.4 Å². The number of benzene rings is 3. The lowest BCUT2D eigenvalue weighted by Crippen LogP contribution is -2.24. The normalized spacial score (nSPS) is 10.1. The van der Waals surface area contributed by atoms with Crippen LogP contribution in [0.2, 0.25) is 0 Å². The zero-order valence-electron chi connectivity index (χ0n) is 13.9. The first-order valence-corrected chi connectivity index (χ1v) is 8.81. The first kappa shape index (κ1) is 17.7. The van der Waals surface area contributed by atoms with E-state index in [9.17, 15) is 10.1 Å². The van der Waals surface area contributed by atoms with Crippen molar-refractivity contribution < 1.29 is 9.63 Å². The third-order valence-corrected chi connectivity index (χ3v) is 4.76. The molecule has 0 unspecified atom stereocenters. The van der Waals surface area contributed by atoms with Gasteiger partial charge in [0.05, 0.1) is 17.7 Å². The van der Waals surface area contributed by atoms with Gasteiger partial charge in [0, 0.05) is 9.79 Å². The van der Waals surface area contributed by atoms with Crippen molar-refractivity contribution in [2.24, 2.45) is 0 Å². The molecule has 128 valence electrons. The van der Waals surface area contributed by atoms with Crippen molar-refractivity contribution in [2.45, 2.75) is 16.4 Å². The van der Waals surface area contributed by atoms with E-state index in [-0.39, 0.29) is 5.91 Å². The molecule has 1 amide bonds. The van der Waals surface area contributed by atoms with E-state index >= 15 is 0 Å². The van der Waals surface area contributed by atoms with Gasteiger partial charge in [-0.15, -0.1) is 0 Å². The molecule has 26 heavy (non-hydrogen) atoms. The van der Waals surface area contributed by atoms with E-state index in [1.54, 1.807) is 18.2 Å². The summed E-state index contributed by atoms with van der Waals surface area (Å²) < 4.78 is 0. The van der Waals surface area contributed by atoms with Crippen LogP contribution in [0.25, 0.3) is 0 Å². The van der Waals surface area contributed by atoms with Gasteiger partial charge in [-0.2, -0.15) is 5.26 Å². The van der Waals surface area contributed by atoms with E-state index in [0.29, 0.717) is 17.7 Å². The predicted molar refractivity (Wildman–Crippen MR) is 100 cm³/mol. The summed E-state index contributed by atoms with van der Waals surface area (Å²) in [5.41, 5.74) is 4.53. The molecule has 0 heterocycles. The third kappa shape index (κ3) is 4.51. The molecule has 0 aromatic heterocycles. The second-order valence-corrected chi connectivity index (χ2v) is 6.50. The predicted octanol–water partition coefficient (Wildman–Crippen LogP) is 4.57. The molecule has 0 saturated carbocycles. The van der Waals surface area contributed by atoms with Crippen LogP contribution in [0.1, 0.15) is 21.5 Å². The van der Waals surface area contributed by atoms with Crippen LogP contribution in [0, 0.1) is 11.3 Å². The Balaban J connectivity index is 1.70. The molecule has 1 N–H and O–H groups in total. The summed E-state index contributed by atoms with van der Waals surface area (Å²) in [5.74, 6) is -0.321. The standard InChI is InChI=1S/C21H16N2O2S/c22-14-17-10-4-6-12-19(17)26-20-13-7-5-11-18(20)21(24)23-25-15-16-8-2-1-3-9-16/h1-13H,15H2,(H,23,24). The zero-order valence-corrected chi connectivity index (χ0v) is 14.7. The monoisotopic (exact) mass is 360 g/mol. The molecule has 0 aliphatic rings. The van der Waals surface area contributed by atoms with Gasteiger partial charge in [0.2, 0.25) is 0 Å². The molecule has 5 heteroatoms. The minimum atomic E-state index is -0.321. The Labute approximate surface area is 156 Å². The van der Waals surface area contributed by atoms with Crippen LogP contribution in [0.3, 0.4) is 0 Å². The molecule has 3 aromatic carbocycles. The molecular formula is C21H16N2O2S. The van der Waals surface area contributed by atoms with Crippen LogP contribution in [0.15, 0.2) is 88.7 Å². The molecule has 0 atom stereocenters. The maximum absolute atomic E-state index is 12.5. The number of hydroxylamine groups is 1. The van der Waals surface area contributed by atoms with Gasteiger partial charge in [0.15, 0.2) is 0 Å². The van der Waals surface area contributed by atoms with Crippen LogP contribution in [-0.4, -0.2) is 5.91 Å². The number of hydrogen-bond donors (Lipinski definition) is 1. The highest BCUT2D eigenvalue weighted by atomic mass is 32.2. The summed E-state index contributed by atoms with van der Waals surface area (Å²) in [5, 5.41) is 9.24. The van der Waals surface area contributed by atoms with Crippen LogP contribution in [0.5, 0.6) is 0 Å². The average Bonchev–Trinajstić information content (AvgIpc) is 2.69. The van der Waals surface area contributed by atoms with E-state index < -0.39 is 0 Å². The number of carbonyl (C=O) groups excluding carboxylic acids is 1. The molecule has 3 rings (SSSR count). The smallest absolute Gasteiger partial charge is 0.269 e. The first-order valence-electron chi connectivity index (χ1n) is 8.00. The van der Waals surface area contributed by atoms with E-state index in [0.717, 1.165) is 15.4 Å². The molecule has 0 aliphatic carbocycles. The Morgan fingerprint density at radius 3 is 2.35 bits per heavy atom. The lowest BCUT2D eigenvalue weighted by molar-refractivity contribution is 0.0231. The van der Waals surface area contributed by atoms with Crippen molar-refractivity contribution >= 4 is 17.7 Å². The molecular weight excluding hydrogens is 344 g/mol. The number of hydrogen-bond acceptors (Lipinski definition) is 4. The summed E-state index contributed by atoms with van der Waals surface area (Å²) in [4.78, 5) is 19.4. The highest BCUT2D eigenvalue weighted by molar-refractivity contribution is 7.99. The van der Waals surface area contributed by atoms with E-state index in [1.807, 2.05) is 60.7 Å². The Kier molecular flexibility index (Phi) is 6.05. The van der Waals surface area contributed by atoms with Crippen molar-refractivity contribution in [3.05, 3.63) is 95.6 Å². The Morgan fingerprint density at radius 2 is 1.58 bits per heavy atom. The van der Waals surface area contributed by atoms with Gasteiger partial charge in [0.1, 0.15) is 6.07 Å². The zero-order chi connectivity index (χ0) is 18.2. The van der Waals surface area contributed by atoms with Gasteiger partial charge in [-0.3, -0.25) is 9.63 Å². The SMILES string of the molecule is N#Cc1ccccc1Sc1ccccc1C(=O)NOCc1ccccc1. The van der Waals surface area contributed by atoms with Crippen molar-refractivity contribution in [1.29, 1.82) is 5.26 Å². The Hall–Kier alpha value is -3.07. The molecule has 4 nitrogen and oxygen atoms in total. The number of carbonyl (C=O) groups is 1. The number of nitrogens with zero attached hydrogens (tertiary/aromatic N) is 1. The summed E-state index contributed by atoms with van der Waals surface area (Å²) in [6.07, 6.45) is 0. The molecule has 0 fully saturated rings. The minimum Gasteiger partial charge on any atom is -0.269 e. The average molecular weight is 360 g/mol. The maximum Gasteiger partial charge on any atom is 0.275 e. The molecule has 0 spiro atoms. The van der Waals surface area contributed by atoms with Crippen LogP contribution >= 0.6 is 11.8 Å². The van der Waals surface area contributed by atoms with Gasteiger partial charge in [-0.1, -0.05) is 66.4 Å². The molecule has 0 aliphatic heterocycles. The maximum atomic E-state index is 12.5. The second kappa shape index (κ2) is 8.86. The fraction of sp³-hybridized carbons (Fsp3) is 0.0476. The Morgan fingerprint density at radius 1 is 0.923 bits per heavy atom. The topological polar surface area (TPSA) is 62.1 Å². The minimum absolute atomic E-state index is 0.291. The number of nitrogens with one attached hydrogen (secondary N) is 1. The fourth-order valence-electron chi connectivity index (χ4n) is 2.32. The fourth-order valence-corrected chi connectivity index (χ4v) is 3.35. The van der Waals surface area contributed by atoms with E-state index in [4.69, 9.17) is 4.84 Å². The number of amides is 1. The van der Waals surface area contributed by atoms with Gasteiger partial charge in [-0.05, 0) is 29.8 Å². The van der Waals surface area contributed by atoms with Crippen molar-refractivity contribution in [1.82, 2.24) is 5.48 Å². The van der Waals surface area contributed by atoms with Gasteiger partial charge >= 0.3 is 0 Å². The van der Waals surface area contributed by atoms with E-state index in [2.05, 4.69) is 11.5 Å². The highest BCUT2D eigenvalue weighted by Gasteiger charge is 2.13. The third-order valence-electron chi connectivity index (χ3n) is 3.61. The van der Waals surface area contributed by atoms with Crippen molar-refractivity contribution in [3.8, 4) is 6.07 Å². The molecule has 0 saturated heterocycles. The van der Waals surface area contributed by atoms with Crippen molar-refractivity contribution in [3.63, 3.8) is 0 Å². The quantitative estimate of drug-likeness (QED) is 0.654. The van der Waals surface area contributed by atoms with Gasteiger partial charge < -0.3 is 0 Å². The van der Waals surface area contributed by atoms with Crippen LogP contribution in [0.4, 0.5) is 0 Å². The van der Waals surface area contributed by atoms with Crippen molar-refractivity contribution in [2.75, 3.05) is 0 Å². The molecule has 0 radical (unpaired) electrons. The second-order valence-electron chi connectivity index (χ2n) is 5.41. The summed E-state index contributed by atoms with van der Waals surface area (Å²) in [6.45, 7) is 0.291. The summed E-state index contributed by atoms with van der Waals surface area (Å²) in [7, 11) is 0. The largest absolute Gasteiger partial charge is 0.275 e. The number of rotatable bonds is 6. The lowest BCUT2D eigenvalue weighted by Gasteiger charge is -2.10. The summed E-state index contributed by atoms with van der Waals surface area (Å²) >= 11 is 1.38. The van der Waals surface area contributed by atoms with Crippen LogP contribution < -0.4 is 5.48 Å². The summed E-state index contributed by atoms with van der Waals surface area (Å²) in [6, 6.07) is 26.3. The first-order chi connectivity index (χ1) is 12.8. The number of nitriles is 1. The van der Waals surface area contributed by atoms with E-state index in [1.165, 1.54) is 11.8 Å². The van der Waals surface area contributed by atoms with Gasteiger partial charge in [0.25, 0.3) is 5.91 Å². The van der Waals surface area contributed by atoms with Gasteiger partial charge in [-0.25, -0.2) is 5.48 Å². The molecule has 3 aromatic rings. The molecule has 0 bridgehead atoms.